The average Bonchev–Trinajstić information content (AvgIpc) is 2.29. The molecule has 0 saturated carbocycles. The van der Waals surface area contributed by atoms with Gasteiger partial charge in [-0.1, -0.05) is 12.1 Å². The van der Waals surface area contributed by atoms with Gasteiger partial charge in [-0.3, -0.25) is 0 Å². The first-order valence-electron chi connectivity index (χ1n) is 5.34. The molecule has 0 amide bonds. The summed E-state index contributed by atoms with van der Waals surface area (Å²) >= 11 is 1.61. The first-order valence-corrected chi connectivity index (χ1v) is 6.56. The van der Waals surface area contributed by atoms with Crippen LogP contribution in [0, 0.1) is 0 Å². The fraction of sp³-hybridized carbons (Fsp3) is 0.500. The summed E-state index contributed by atoms with van der Waals surface area (Å²) in [6.45, 7) is 0. The number of hydrogen-bond acceptors (Lipinski definition) is 2. The molecule has 1 unspecified atom stereocenters. The highest BCUT2D eigenvalue weighted by molar-refractivity contribution is 7.98. The second-order valence-electron chi connectivity index (χ2n) is 3.77. The zero-order valence-corrected chi connectivity index (χ0v) is 10.7. The topological polar surface area (TPSA) is 12.0 Å². The number of halogens is 3. The highest BCUT2D eigenvalue weighted by Gasteiger charge is 2.28. The molecule has 0 saturated heterocycles. The molecule has 0 heterocycles. The van der Waals surface area contributed by atoms with Crippen molar-refractivity contribution in [3.63, 3.8) is 0 Å². The van der Waals surface area contributed by atoms with E-state index in [2.05, 4.69) is 5.32 Å². The molecule has 1 N–H and O–H groups in total. The van der Waals surface area contributed by atoms with Crippen LogP contribution in [-0.4, -0.2) is 19.5 Å². The molecule has 0 aliphatic rings. The van der Waals surface area contributed by atoms with E-state index in [1.54, 1.807) is 18.8 Å². The van der Waals surface area contributed by atoms with Gasteiger partial charge in [0, 0.05) is 17.4 Å². The Balaban J connectivity index is 2.66. The van der Waals surface area contributed by atoms with Crippen LogP contribution in [0.1, 0.15) is 24.4 Å². The molecule has 0 fully saturated rings. The molecule has 1 aromatic carbocycles. The third-order valence-electron chi connectivity index (χ3n) is 2.58. The SMILES string of the molecule is CNC(CCC(F)(F)F)c1ccc(SC)cc1. The lowest BCUT2D eigenvalue weighted by Crippen LogP contribution is -2.19. The van der Waals surface area contributed by atoms with E-state index in [0.717, 1.165) is 10.5 Å². The van der Waals surface area contributed by atoms with Crippen molar-refractivity contribution in [3.8, 4) is 0 Å². The van der Waals surface area contributed by atoms with E-state index in [1.807, 2.05) is 30.5 Å². The van der Waals surface area contributed by atoms with E-state index in [4.69, 9.17) is 0 Å². The lowest BCUT2D eigenvalue weighted by molar-refractivity contribution is -0.136. The second kappa shape index (κ2) is 6.31. The second-order valence-corrected chi connectivity index (χ2v) is 4.65. The minimum atomic E-state index is -4.09. The van der Waals surface area contributed by atoms with Crippen molar-refractivity contribution in [1.82, 2.24) is 5.32 Å². The zero-order valence-electron chi connectivity index (χ0n) is 9.84. The average molecular weight is 263 g/mol. The monoisotopic (exact) mass is 263 g/mol. The summed E-state index contributed by atoms with van der Waals surface area (Å²) in [5.41, 5.74) is 0.898. The van der Waals surface area contributed by atoms with Gasteiger partial charge in [0.1, 0.15) is 0 Å². The summed E-state index contributed by atoms with van der Waals surface area (Å²) in [7, 11) is 1.68. The highest BCUT2D eigenvalue weighted by Crippen LogP contribution is 2.28. The van der Waals surface area contributed by atoms with Crippen LogP contribution in [0.5, 0.6) is 0 Å². The Morgan fingerprint density at radius 2 is 1.82 bits per heavy atom. The van der Waals surface area contributed by atoms with Gasteiger partial charge < -0.3 is 5.32 Å². The van der Waals surface area contributed by atoms with Crippen molar-refractivity contribution in [3.05, 3.63) is 29.8 Å². The Morgan fingerprint density at radius 1 is 1.24 bits per heavy atom. The predicted octanol–water partition coefficient (Wildman–Crippen LogP) is 4.01. The standard InChI is InChI=1S/C12H16F3NS/c1-16-11(7-8-12(13,14)15)9-3-5-10(17-2)6-4-9/h3-6,11,16H,7-8H2,1-2H3. The minimum Gasteiger partial charge on any atom is -0.313 e. The van der Waals surface area contributed by atoms with Crippen LogP contribution in [0.3, 0.4) is 0 Å². The molecule has 0 radical (unpaired) electrons. The van der Waals surface area contributed by atoms with Gasteiger partial charge in [-0.2, -0.15) is 13.2 Å². The number of thioether (sulfide) groups is 1. The van der Waals surface area contributed by atoms with Gasteiger partial charge in [-0.15, -0.1) is 11.8 Å². The fourth-order valence-electron chi connectivity index (χ4n) is 1.62. The molecule has 5 heteroatoms. The Hall–Kier alpha value is -0.680. The van der Waals surface area contributed by atoms with Crippen LogP contribution >= 0.6 is 11.8 Å². The van der Waals surface area contributed by atoms with Gasteiger partial charge in [0.15, 0.2) is 0 Å². The number of benzene rings is 1. The van der Waals surface area contributed by atoms with Crippen LogP contribution in [0.25, 0.3) is 0 Å². The molecule has 1 aromatic rings. The maximum atomic E-state index is 12.2. The summed E-state index contributed by atoms with van der Waals surface area (Å²) in [5.74, 6) is 0. The fourth-order valence-corrected chi connectivity index (χ4v) is 2.03. The van der Waals surface area contributed by atoms with E-state index in [0.29, 0.717) is 0 Å². The van der Waals surface area contributed by atoms with Gasteiger partial charge in [0.25, 0.3) is 0 Å². The van der Waals surface area contributed by atoms with E-state index in [-0.39, 0.29) is 12.5 Å². The summed E-state index contributed by atoms with van der Waals surface area (Å²) in [6.07, 6.45) is -2.82. The van der Waals surface area contributed by atoms with Gasteiger partial charge in [-0.05, 0) is 37.4 Å². The molecule has 0 aliphatic heterocycles. The normalized spacial score (nSPS) is 13.7. The third kappa shape index (κ3) is 5.00. The molecular formula is C12H16F3NS. The molecule has 1 nitrogen and oxygen atoms in total. The smallest absolute Gasteiger partial charge is 0.313 e. The predicted molar refractivity (Wildman–Crippen MR) is 65.3 cm³/mol. The molecule has 0 aromatic heterocycles. The van der Waals surface area contributed by atoms with Crippen LogP contribution in [-0.2, 0) is 0 Å². The summed E-state index contributed by atoms with van der Waals surface area (Å²) in [4.78, 5) is 1.11. The Bertz CT molecular complexity index is 335. The van der Waals surface area contributed by atoms with Crippen molar-refractivity contribution in [1.29, 1.82) is 0 Å². The van der Waals surface area contributed by atoms with Crippen molar-refractivity contribution in [2.24, 2.45) is 0 Å². The quantitative estimate of drug-likeness (QED) is 0.805. The van der Waals surface area contributed by atoms with E-state index in [9.17, 15) is 13.2 Å². The molecule has 0 bridgehead atoms. The molecular weight excluding hydrogens is 247 g/mol. The molecule has 1 rings (SSSR count). The summed E-state index contributed by atoms with van der Waals surface area (Å²) < 4.78 is 36.5. The maximum Gasteiger partial charge on any atom is 0.389 e. The zero-order chi connectivity index (χ0) is 12.9. The van der Waals surface area contributed by atoms with Gasteiger partial charge >= 0.3 is 6.18 Å². The van der Waals surface area contributed by atoms with Crippen LogP contribution in [0.2, 0.25) is 0 Å². The van der Waals surface area contributed by atoms with Crippen molar-refractivity contribution >= 4 is 11.8 Å². The van der Waals surface area contributed by atoms with E-state index >= 15 is 0 Å². The van der Waals surface area contributed by atoms with Crippen molar-refractivity contribution < 1.29 is 13.2 Å². The molecule has 0 spiro atoms. The molecule has 96 valence electrons. The number of nitrogens with one attached hydrogen (secondary N) is 1. The van der Waals surface area contributed by atoms with Crippen molar-refractivity contribution in [2.75, 3.05) is 13.3 Å². The number of rotatable bonds is 5. The first kappa shape index (κ1) is 14.4. The summed E-state index contributed by atoms with van der Waals surface area (Å²) in [5, 5.41) is 2.92. The number of hydrogen-bond donors (Lipinski definition) is 1. The van der Waals surface area contributed by atoms with Crippen LogP contribution < -0.4 is 5.32 Å². The Kier molecular flexibility index (Phi) is 5.33. The Labute approximate surface area is 104 Å². The molecule has 1 atom stereocenters. The van der Waals surface area contributed by atoms with Crippen LogP contribution in [0.15, 0.2) is 29.2 Å². The van der Waals surface area contributed by atoms with Crippen LogP contribution in [0.4, 0.5) is 13.2 Å². The highest BCUT2D eigenvalue weighted by atomic mass is 32.2. The maximum absolute atomic E-state index is 12.2. The lowest BCUT2D eigenvalue weighted by Gasteiger charge is -2.17. The third-order valence-corrected chi connectivity index (χ3v) is 3.33. The lowest BCUT2D eigenvalue weighted by atomic mass is 10.0. The van der Waals surface area contributed by atoms with Crippen molar-refractivity contribution in [2.45, 2.75) is 30.0 Å². The van der Waals surface area contributed by atoms with E-state index < -0.39 is 12.6 Å². The molecule has 17 heavy (non-hydrogen) atoms. The largest absolute Gasteiger partial charge is 0.389 e. The number of alkyl halides is 3. The van der Waals surface area contributed by atoms with Gasteiger partial charge in [0.05, 0.1) is 0 Å². The van der Waals surface area contributed by atoms with Gasteiger partial charge in [0.2, 0.25) is 0 Å². The van der Waals surface area contributed by atoms with Gasteiger partial charge in [-0.25, -0.2) is 0 Å². The Morgan fingerprint density at radius 3 is 2.24 bits per heavy atom. The first-order chi connectivity index (χ1) is 7.96. The minimum absolute atomic E-state index is 0.0681. The summed E-state index contributed by atoms with van der Waals surface area (Å²) in [6, 6.07) is 7.37. The van der Waals surface area contributed by atoms with E-state index in [1.165, 1.54) is 0 Å². The molecule has 0 aliphatic carbocycles.